The van der Waals surface area contributed by atoms with Crippen molar-refractivity contribution < 1.29 is 17.9 Å². The minimum absolute atomic E-state index is 0.0723. The van der Waals surface area contributed by atoms with E-state index in [0.717, 1.165) is 0 Å². The number of rotatable bonds is 3. The maximum absolute atomic E-state index is 12.8. The van der Waals surface area contributed by atoms with E-state index < -0.39 is 10.0 Å². The quantitative estimate of drug-likeness (QED) is 0.644. The highest BCUT2D eigenvalue weighted by atomic mass is 35.5. The van der Waals surface area contributed by atoms with Crippen LogP contribution < -0.4 is 14.8 Å². The van der Waals surface area contributed by atoms with Crippen molar-refractivity contribution in [2.75, 3.05) is 10.0 Å². The van der Waals surface area contributed by atoms with Crippen LogP contribution in [0.1, 0.15) is 15.9 Å². The van der Waals surface area contributed by atoms with Gasteiger partial charge in [0.1, 0.15) is 5.75 Å². The largest absolute Gasteiger partial charge is 0.454 e. The maximum Gasteiger partial charge on any atom is 0.262 e. The lowest BCUT2D eigenvalue weighted by molar-refractivity contribution is 0.102. The normalized spacial score (nSPS) is 12.9. The minimum atomic E-state index is -3.88. The van der Waals surface area contributed by atoms with Gasteiger partial charge in [0.15, 0.2) is 5.75 Å². The van der Waals surface area contributed by atoms with Gasteiger partial charge in [0.2, 0.25) is 0 Å². The van der Waals surface area contributed by atoms with Crippen LogP contribution in [0.25, 0.3) is 0 Å². The van der Waals surface area contributed by atoms with Crippen LogP contribution in [0.2, 0.25) is 5.02 Å². The number of carbonyl (C=O) groups is 1. The van der Waals surface area contributed by atoms with E-state index in [-0.39, 0.29) is 22.1 Å². The van der Waals surface area contributed by atoms with Gasteiger partial charge in [-0.3, -0.25) is 9.52 Å². The molecular weight excluding hydrogens is 400 g/mol. The Morgan fingerprint density at radius 1 is 1.00 bits per heavy atom. The molecular formula is C20H15ClN2O4S. The summed E-state index contributed by atoms with van der Waals surface area (Å²) >= 11 is 5.94. The van der Waals surface area contributed by atoms with Gasteiger partial charge in [0, 0.05) is 10.7 Å². The molecule has 0 fully saturated rings. The number of ether oxygens (including phenoxy) is 1. The number of hydrogen-bond acceptors (Lipinski definition) is 4. The van der Waals surface area contributed by atoms with Gasteiger partial charge in [-0.2, -0.15) is 0 Å². The van der Waals surface area contributed by atoms with Gasteiger partial charge in [-0.05, 0) is 55.0 Å². The molecule has 1 amide bonds. The van der Waals surface area contributed by atoms with E-state index in [1.54, 1.807) is 49.4 Å². The summed E-state index contributed by atoms with van der Waals surface area (Å²) in [7, 11) is -3.88. The van der Waals surface area contributed by atoms with Gasteiger partial charge in [-0.15, -0.1) is 0 Å². The molecule has 6 nitrogen and oxygen atoms in total. The average Bonchev–Trinajstić information content (AvgIpc) is 2.79. The second kappa shape index (κ2) is 6.85. The standard InChI is InChI=1S/C20H15ClN2O4S/c1-12-6-7-13(21)10-19(12)28(25,26)23-14-8-9-17-15(11-14)20(24)22-16-4-2-3-5-18(16)27-17/h2-11,23H,1H3,(H,22,24). The molecule has 8 heteroatoms. The molecule has 0 aromatic heterocycles. The molecule has 0 atom stereocenters. The third-order valence-electron chi connectivity index (χ3n) is 4.27. The van der Waals surface area contributed by atoms with E-state index in [1.807, 2.05) is 0 Å². The van der Waals surface area contributed by atoms with Gasteiger partial charge < -0.3 is 10.1 Å². The predicted molar refractivity (Wildman–Crippen MR) is 108 cm³/mol. The number of fused-ring (bicyclic) bond motifs is 2. The molecule has 1 heterocycles. The van der Waals surface area contributed by atoms with Crippen LogP contribution >= 0.6 is 11.6 Å². The molecule has 0 bridgehead atoms. The molecule has 142 valence electrons. The Labute approximate surface area is 167 Å². The number of halogens is 1. The van der Waals surface area contributed by atoms with Crippen LogP contribution in [-0.2, 0) is 10.0 Å². The zero-order valence-electron chi connectivity index (χ0n) is 14.7. The number of anilines is 2. The van der Waals surface area contributed by atoms with Crippen molar-refractivity contribution in [1.82, 2.24) is 0 Å². The second-order valence-corrected chi connectivity index (χ2v) is 8.37. The zero-order chi connectivity index (χ0) is 19.9. The Bertz CT molecular complexity index is 1210. The van der Waals surface area contributed by atoms with Crippen LogP contribution in [0, 0.1) is 6.92 Å². The summed E-state index contributed by atoms with van der Waals surface area (Å²) in [5.41, 5.74) is 1.56. The second-order valence-electron chi connectivity index (χ2n) is 6.28. The highest BCUT2D eigenvalue weighted by molar-refractivity contribution is 7.92. The number of hydrogen-bond donors (Lipinski definition) is 2. The molecule has 0 saturated heterocycles. The number of sulfonamides is 1. The summed E-state index contributed by atoms with van der Waals surface area (Å²) in [4.78, 5) is 12.6. The highest BCUT2D eigenvalue weighted by Crippen LogP contribution is 2.36. The Morgan fingerprint density at radius 2 is 1.79 bits per heavy atom. The molecule has 3 aromatic carbocycles. The Balaban J connectivity index is 1.69. The third-order valence-corrected chi connectivity index (χ3v) is 6.03. The molecule has 0 saturated carbocycles. The summed E-state index contributed by atoms with van der Waals surface area (Å²) in [6.07, 6.45) is 0. The lowest BCUT2D eigenvalue weighted by atomic mass is 10.1. The van der Waals surface area contributed by atoms with E-state index >= 15 is 0 Å². The van der Waals surface area contributed by atoms with Crippen molar-refractivity contribution in [3.63, 3.8) is 0 Å². The Morgan fingerprint density at radius 3 is 2.61 bits per heavy atom. The number of benzene rings is 3. The molecule has 0 aliphatic carbocycles. The van der Waals surface area contributed by atoms with Gasteiger partial charge >= 0.3 is 0 Å². The maximum atomic E-state index is 12.8. The van der Waals surface area contributed by atoms with E-state index in [2.05, 4.69) is 10.0 Å². The fraction of sp³-hybridized carbons (Fsp3) is 0.0500. The van der Waals surface area contributed by atoms with E-state index in [0.29, 0.717) is 27.8 Å². The number of amides is 1. The fourth-order valence-corrected chi connectivity index (χ4v) is 4.46. The molecule has 0 unspecified atom stereocenters. The van der Waals surface area contributed by atoms with Crippen LogP contribution in [0.15, 0.2) is 65.6 Å². The lowest BCUT2D eigenvalue weighted by Gasteiger charge is -2.13. The van der Waals surface area contributed by atoms with Crippen LogP contribution in [0.3, 0.4) is 0 Å². The number of carbonyl (C=O) groups excluding carboxylic acids is 1. The Kier molecular flexibility index (Phi) is 4.49. The van der Waals surface area contributed by atoms with E-state index in [4.69, 9.17) is 16.3 Å². The van der Waals surface area contributed by atoms with Gasteiger partial charge in [0.05, 0.1) is 16.1 Å². The molecule has 0 radical (unpaired) electrons. The minimum Gasteiger partial charge on any atom is -0.454 e. The summed E-state index contributed by atoms with van der Waals surface area (Å²) < 4.78 is 33.8. The monoisotopic (exact) mass is 414 g/mol. The van der Waals surface area contributed by atoms with Gasteiger partial charge in [0.25, 0.3) is 15.9 Å². The molecule has 1 aliphatic rings. The molecule has 28 heavy (non-hydrogen) atoms. The van der Waals surface area contributed by atoms with Crippen LogP contribution in [0.4, 0.5) is 11.4 Å². The topological polar surface area (TPSA) is 84.5 Å². The Hall–Kier alpha value is -3.03. The SMILES string of the molecule is Cc1ccc(Cl)cc1S(=O)(=O)Nc1ccc2c(c1)C(=O)Nc1ccccc1O2. The van der Waals surface area contributed by atoms with Gasteiger partial charge in [-0.1, -0.05) is 29.8 Å². The smallest absolute Gasteiger partial charge is 0.262 e. The summed E-state index contributed by atoms with van der Waals surface area (Å²) in [5, 5.41) is 3.08. The van der Waals surface area contributed by atoms with Crippen molar-refractivity contribution in [3.8, 4) is 11.5 Å². The van der Waals surface area contributed by atoms with Crippen LogP contribution in [0.5, 0.6) is 11.5 Å². The molecule has 4 rings (SSSR count). The summed E-state index contributed by atoms with van der Waals surface area (Å²) in [5.74, 6) is 0.460. The first-order chi connectivity index (χ1) is 13.3. The predicted octanol–water partition coefficient (Wildman–Crippen LogP) is 4.81. The molecule has 0 spiro atoms. The van der Waals surface area contributed by atoms with Crippen molar-refractivity contribution in [1.29, 1.82) is 0 Å². The first-order valence-corrected chi connectivity index (χ1v) is 10.2. The van der Waals surface area contributed by atoms with E-state index in [9.17, 15) is 13.2 Å². The van der Waals surface area contributed by atoms with Crippen molar-refractivity contribution >= 4 is 38.9 Å². The first-order valence-electron chi connectivity index (χ1n) is 8.35. The zero-order valence-corrected chi connectivity index (χ0v) is 16.3. The highest BCUT2D eigenvalue weighted by Gasteiger charge is 2.23. The average molecular weight is 415 g/mol. The van der Waals surface area contributed by atoms with Crippen molar-refractivity contribution in [3.05, 3.63) is 76.8 Å². The van der Waals surface area contributed by atoms with Crippen molar-refractivity contribution in [2.24, 2.45) is 0 Å². The summed E-state index contributed by atoms with van der Waals surface area (Å²) in [6.45, 7) is 1.68. The lowest BCUT2D eigenvalue weighted by Crippen LogP contribution is -2.15. The third kappa shape index (κ3) is 3.42. The number of aryl methyl sites for hydroxylation is 1. The summed E-state index contributed by atoms with van der Waals surface area (Å²) in [6, 6.07) is 16.2. The van der Waals surface area contributed by atoms with Crippen molar-refractivity contribution in [2.45, 2.75) is 11.8 Å². The molecule has 3 aromatic rings. The van der Waals surface area contributed by atoms with Gasteiger partial charge in [-0.25, -0.2) is 8.42 Å². The van der Waals surface area contributed by atoms with Crippen LogP contribution in [-0.4, -0.2) is 14.3 Å². The van der Waals surface area contributed by atoms with E-state index in [1.165, 1.54) is 18.2 Å². The number of nitrogens with one attached hydrogen (secondary N) is 2. The number of para-hydroxylation sites is 2. The fourth-order valence-electron chi connectivity index (χ4n) is 2.90. The molecule has 2 N–H and O–H groups in total. The first kappa shape index (κ1) is 18.3. The molecule has 1 aliphatic heterocycles.